The number of aromatic nitrogens is 2. The van der Waals surface area contributed by atoms with Gasteiger partial charge in [-0.3, -0.25) is 9.69 Å². The third-order valence-corrected chi connectivity index (χ3v) is 5.37. The van der Waals surface area contributed by atoms with Crippen molar-refractivity contribution in [3.05, 3.63) is 77.3 Å². The highest BCUT2D eigenvalue weighted by Gasteiger charge is 2.20. The van der Waals surface area contributed by atoms with E-state index in [2.05, 4.69) is 56.0 Å². The van der Waals surface area contributed by atoms with Crippen molar-refractivity contribution in [2.24, 2.45) is 0 Å². The van der Waals surface area contributed by atoms with Crippen LogP contribution in [0.1, 0.15) is 47.6 Å². The van der Waals surface area contributed by atoms with E-state index in [-0.39, 0.29) is 19.0 Å². The predicted molar refractivity (Wildman–Crippen MR) is 122 cm³/mol. The number of nitrogens with zero attached hydrogens (tertiary/aromatic N) is 3. The van der Waals surface area contributed by atoms with Gasteiger partial charge in [0.2, 0.25) is 0 Å². The summed E-state index contributed by atoms with van der Waals surface area (Å²) in [5.41, 5.74) is 2.60. The second kappa shape index (κ2) is 10.7. The molecule has 1 amide bonds. The number of carbonyl (C=O) groups excluding carboxylic acids is 1. The smallest absolute Gasteiger partial charge is 0.273 e. The van der Waals surface area contributed by atoms with E-state index in [4.69, 9.17) is 4.52 Å². The molecule has 0 atom stereocenters. The molecule has 7 nitrogen and oxygen atoms in total. The lowest BCUT2D eigenvalue weighted by Gasteiger charge is -2.33. The van der Waals surface area contributed by atoms with Crippen LogP contribution < -0.4 is 10.6 Å². The van der Waals surface area contributed by atoms with Crippen LogP contribution in [0.4, 0.5) is 5.82 Å². The monoisotopic (exact) mass is 421 g/mol. The van der Waals surface area contributed by atoms with Gasteiger partial charge in [0, 0.05) is 50.0 Å². The quantitative estimate of drug-likeness (QED) is 0.600. The van der Waals surface area contributed by atoms with E-state index >= 15 is 0 Å². The molecule has 0 bridgehead atoms. The number of benzene rings is 1. The Morgan fingerprint density at radius 2 is 1.94 bits per heavy atom. The molecule has 1 fully saturated rings. The van der Waals surface area contributed by atoms with E-state index in [0.717, 1.165) is 43.9 Å². The number of hydrogen-bond acceptors (Lipinski definition) is 6. The molecule has 1 aromatic carbocycles. The molecule has 7 heteroatoms. The van der Waals surface area contributed by atoms with Crippen LogP contribution in [0, 0.1) is 6.92 Å². The summed E-state index contributed by atoms with van der Waals surface area (Å²) < 4.78 is 4.97. The van der Waals surface area contributed by atoms with Gasteiger partial charge < -0.3 is 15.2 Å². The van der Waals surface area contributed by atoms with Crippen LogP contribution in [-0.4, -0.2) is 40.1 Å². The molecule has 0 aliphatic carbocycles. The van der Waals surface area contributed by atoms with Gasteiger partial charge in [0.1, 0.15) is 11.6 Å². The van der Waals surface area contributed by atoms with Crippen LogP contribution in [0.2, 0.25) is 0 Å². The summed E-state index contributed by atoms with van der Waals surface area (Å²) in [6.07, 6.45) is 3.90. The number of rotatable bonds is 7. The largest absolute Gasteiger partial charge is 0.367 e. The fourth-order valence-electron chi connectivity index (χ4n) is 3.72. The van der Waals surface area contributed by atoms with Crippen LogP contribution in [0.5, 0.6) is 0 Å². The summed E-state index contributed by atoms with van der Waals surface area (Å²) in [6.45, 7) is 5.25. The van der Waals surface area contributed by atoms with E-state index < -0.39 is 0 Å². The molecule has 3 heterocycles. The number of amides is 1. The minimum Gasteiger partial charge on any atom is -0.367 e. The summed E-state index contributed by atoms with van der Waals surface area (Å²) >= 11 is 0. The number of piperidine rings is 1. The van der Waals surface area contributed by atoms with Crippen molar-refractivity contribution in [1.29, 1.82) is 0 Å². The van der Waals surface area contributed by atoms with Gasteiger partial charge in [-0.1, -0.05) is 49.0 Å². The SMILES string of the molecule is C.Cc1cc(C(=O)NCc2cccnc2NC2CCN(Cc3ccccc3)CC2)no1. The number of anilines is 1. The molecule has 0 unspecified atom stereocenters. The van der Waals surface area contributed by atoms with E-state index in [1.807, 2.05) is 12.1 Å². The third kappa shape index (κ3) is 6.15. The molecule has 31 heavy (non-hydrogen) atoms. The second-order valence-electron chi connectivity index (χ2n) is 7.70. The van der Waals surface area contributed by atoms with Crippen molar-refractivity contribution >= 4 is 11.7 Å². The number of likely N-dealkylation sites (tertiary alicyclic amines) is 1. The van der Waals surface area contributed by atoms with E-state index in [1.54, 1.807) is 19.2 Å². The van der Waals surface area contributed by atoms with Gasteiger partial charge in [-0.25, -0.2) is 4.98 Å². The summed E-state index contributed by atoms with van der Waals surface area (Å²) in [7, 11) is 0. The first-order valence-corrected chi connectivity index (χ1v) is 10.4. The minimum atomic E-state index is -0.254. The normalized spacial score (nSPS) is 14.6. The molecular formula is C24H31N5O2. The zero-order valence-electron chi connectivity index (χ0n) is 17.2. The fourth-order valence-corrected chi connectivity index (χ4v) is 3.72. The van der Waals surface area contributed by atoms with E-state index in [1.165, 1.54) is 5.56 Å². The summed E-state index contributed by atoms with van der Waals surface area (Å²) in [5, 5.41) is 10.2. The summed E-state index contributed by atoms with van der Waals surface area (Å²) in [5.74, 6) is 1.19. The van der Waals surface area contributed by atoms with Crippen LogP contribution in [0.3, 0.4) is 0 Å². The lowest BCUT2D eigenvalue weighted by molar-refractivity contribution is 0.0942. The third-order valence-electron chi connectivity index (χ3n) is 5.37. The average molecular weight is 422 g/mol. The molecule has 0 spiro atoms. The van der Waals surface area contributed by atoms with Gasteiger partial charge in [-0.05, 0) is 31.4 Å². The van der Waals surface area contributed by atoms with Gasteiger partial charge in [0.15, 0.2) is 5.69 Å². The van der Waals surface area contributed by atoms with Crippen molar-refractivity contribution in [3.8, 4) is 0 Å². The Morgan fingerprint density at radius 3 is 2.65 bits per heavy atom. The van der Waals surface area contributed by atoms with Gasteiger partial charge in [0.25, 0.3) is 5.91 Å². The standard InChI is InChI=1S/C23H27N5O2.CH4/c1-17-14-21(27-30-17)23(29)25-15-19-8-5-11-24-22(19)26-20-9-12-28(13-10-20)16-18-6-3-2-4-7-18;/h2-8,11,14,20H,9-10,12-13,15-16H2,1H3,(H,24,26)(H,25,29);1H4. The molecule has 0 saturated carbocycles. The molecule has 4 rings (SSSR count). The number of carbonyl (C=O) groups is 1. The topological polar surface area (TPSA) is 83.3 Å². The zero-order chi connectivity index (χ0) is 20.8. The van der Waals surface area contributed by atoms with E-state index in [9.17, 15) is 4.79 Å². The number of nitrogens with one attached hydrogen (secondary N) is 2. The first kappa shape index (κ1) is 22.5. The van der Waals surface area contributed by atoms with Crippen molar-refractivity contribution in [2.75, 3.05) is 18.4 Å². The van der Waals surface area contributed by atoms with Crippen molar-refractivity contribution in [1.82, 2.24) is 20.4 Å². The molecular weight excluding hydrogens is 390 g/mol. The maximum Gasteiger partial charge on any atom is 0.273 e. The van der Waals surface area contributed by atoms with Crippen LogP contribution in [-0.2, 0) is 13.1 Å². The predicted octanol–water partition coefficient (Wildman–Crippen LogP) is 4.02. The molecule has 2 aromatic heterocycles. The van der Waals surface area contributed by atoms with Crippen LogP contribution in [0.25, 0.3) is 0 Å². The van der Waals surface area contributed by atoms with E-state index in [0.29, 0.717) is 18.3 Å². The lowest BCUT2D eigenvalue weighted by atomic mass is 10.0. The molecule has 1 aliphatic heterocycles. The minimum absolute atomic E-state index is 0. The Labute approximate surface area is 183 Å². The Kier molecular flexibility index (Phi) is 7.78. The maximum absolute atomic E-state index is 12.2. The van der Waals surface area contributed by atoms with Gasteiger partial charge in [-0.15, -0.1) is 0 Å². The van der Waals surface area contributed by atoms with Crippen molar-refractivity contribution < 1.29 is 9.32 Å². The lowest BCUT2D eigenvalue weighted by Crippen LogP contribution is -2.39. The molecule has 0 radical (unpaired) electrons. The Morgan fingerprint density at radius 1 is 1.16 bits per heavy atom. The van der Waals surface area contributed by atoms with Gasteiger partial charge in [-0.2, -0.15) is 0 Å². The summed E-state index contributed by atoms with van der Waals surface area (Å²) in [4.78, 5) is 19.2. The molecule has 164 valence electrons. The fraction of sp³-hybridized carbons (Fsp3) is 0.375. The Bertz CT molecular complexity index is 965. The average Bonchev–Trinajstić information content (AvgIpc) is 3.21. The van der Waals surface area contributed by atoms with Crippen LogP contribution >= 0.6 is 0 Å². The first-order chi connectivity index (χ1) is 14.7. The summed E-state index contributed by atoms with van der Waals surface area (Å²) in [6, 6.07) is 16.5. The highest BCUT2D eigenvalue weighted by atomic mass is 16.5. The number of hydrogen-bond donors (Lipinski definition) is 2. The second-order valence-corrected chi connectivity index (χ2v) is 7.70. The number of aryl methyl sites for hydroxylation is 1. The Balaban J connectivity index is 0.00000272. The van der Waals surface area contributed by atoms with Crippen molar-refractivity contribution in [3.63, 3.8) is 0 Å². The zero-order valence-corrected chi connectivity index (χ0v) is 17.2. The maximum atomic E-state index is 12.2. The Hall–Kier alpha value is -3.19. The molecule has 1 aliphatic rings. The van der Waals surface area contributed by atoms with Crippen molar-refractivity contribution in [2.45, 2.75) is 46.3 Å². The van der Waals surface area contributed by atoms with Crippen LogP contribution in [0.15, 0.2) is 59.3 Å². The highest BCUT2D eigenvalue weighted by Crippen LogP contribution is 2.19. The van der Waals surface area contributed by atoms with Gasteiger partial charge in [0.05, 0.1) is 0 Å². The first-order valence-electron chi connectivity index (χ1n) is 10.4. The molecule has 3 aromatic rings. The molecule has 1 saturated heterocycles. The van der Waals surface area contributed by atoms with Gasteiger partial charge >= 0.3 is 0 Å². The molecule has 2 N–H and O–H groups in total. The number of pyridine rings is 1. The highest BCUT2D eigenvalue weighted by molar-refractivity contribution is 5.92.